The molecule has 0 spiro atoms. The molecule has 102 valence electrons. The van der Waals surface area contributed by atoms with E-state index in [0.717, 1.165) is 19.4 Å². The van der Waals surface area contributed by atoms with E-state index in [0.29, 0.717) is 5.57 Å². The number of hydrogen-bond donors (Lipinski definition) is 0. The maximum atomic E-state index is 11.7. The van der Waals surface area contributed by atoms with Gasteiger partial charge in [0.1, 0.15) is 0 Å². The molecule has 3 heteroatoms. The van der Waals surface area contributed by atoms with Crippen LogP contribution in [-0.2, 0) is 9.53 Å². The van der Waals surface area contributed by atoms with Gasteiger partial charge in [-0.05, 0) is 31.9 Å². The van der Waals surface area contributed by atoms with E-state index in [9.17, 15) is 4.79 Å². The lowest BCUT2D eigenvalue weighted by molar-refractivity contribution is -0.136. The second kappa shape index (κ2) is 6.02. The predicted molar refractivity (Wildman–Crippen MR) is 75.7 cm³/mol. The molecule has 0 aromatic heterocycles. The van der Waals surface area contributed by atoms with Gasteiger partial charge in [0.05, 0.1) is 7.11 Å². The Morgan fingerprint density at radius 2 is 2.11 bits per heavy atom. The molecule has 19 heavy (non-hydrogen) atoms. The van der Waals surface area contributed by atoms with Crippen molar-refractivity contribution in [1.29, 1.82) is 0 Å². The molecule has 3 nitrogen and oxygen atoms in total. The molecule has 0 unspecified atom stereocenters. The first-order valence-electron chi connectivity index (χ1n) is 6.73. The van der Waals surface area contributed by atoms with Gasteiger partial charge in [-0.3, -0.25) is 4.90 Å². The number of carbonyl (C=O) groups excluding carboxylic acids is 1. The normalized spacial score (nSPS) is 21.1. The Bertz CT molecular complexity index is 455. The summed E-state index contributed by atoms with van der Waals surface area (Å²) >= 11 is 0. The SMILES string of the molecule is C=C(C(=O)OC)[C@H]1CCCN1[C@@H](C)c1ccccc1. The van der Waals surface area contributed by atoms with Gasteiger partial charge in [0.15, 0.2) is 0 Å². The van der Waals surface area contributed by atoms with E-state index in [4.69, 9.17) is 4.74 Å². The molecule has 0 N–H and O–H groups in total. The average Bonchev–Trinajstić information content (AvgIpc) is 2.95. The minimum atomic E-state index is -0.294. The standard InChI is InChI=1S/C16H21NO2/c1-12(16(18)19-3)15-10-7-11-17(15)13(2)14-8-5-4-6-9-14/h4-6,8-9,13,15H,1,7,10-11H2,2-3H3/t13-,15+/m0/s1. The second-order valence-corrected chi connectivity index (χ2v) is 5.00. The van der Waals surface area contributed by atoms with Gasteiger partial charge >= 0.3 is 5.97 Å². The zero-order valence-corrected chi connectivity index (χ0v) is 11.6. The fourth-order valence-electron chi connectivity index (χ4n) is 2.82. The van der Waals surface area contributed by atoms with Crippen molar-refractivity contribution >= 4 is 5.97 Å². The Morgan fingerprint density at radius 3 is 2.74 bits per heavy atom. The highest BCUT2D eigenvalue weighted by molar-refractivity contribution is 5.89. The van der Waals surface area contributed by atoms with Crippen LogP contribution in [0, 0.1) is 0 Å². The van der Waals surface area contributed by atoms with Gasteiger partial charge in [-0.1, -0.05) is 36.9 Å². The van der Waals surface area contributed by atoms with Crippen molar-refractivity contribution in [2.75, 3.05) is 13.7 Å². The van der Waals surface area contributed by atoms with E-state index in [1.807, 2.05) is 18.2 Å². The van der Waals surface area contributed by atoms with Crippen LogP contribution < -0.4 is 0 Å². The van der Waals surface area contributed by atoms with Crippen LogP contribution in [0.5, 0.6) is 0 Å². The van der Waals surface area contributed by atoms with Crippen molar-refractivity contribution in [2.45, 2.75) is 31.8 Å². The zero-order chi connectivity index (χ0) is 13.8. The average molecular weight is 259 g/mol. The van der Waals surface area contributed by atoms with Crippen molar-refractivity contribution in [3.8, 4) is 0 Å². The molecule has 1 aliphatic rings. The summed E-state index contributed by atoms with van der Waals surface area (Å²) in [6.45, 7) is 7.09. The molecule has 0 amide bonds. The second-order valence-electron chi connectivity index (χ2n) is 5.00. The summed E-state index contributed by atoms with van der Waals surface area (Å²) in [5.41, 5.74) is 1.84. The summed E-state index contributed by atoms with van der Waals surface area (Å²) in [6, 6.07) is 10.8. The van der Waals surface area contributed by atoms with Crippen molar-refractivity contribution < 1.29 is 9.53 Å². The van der Waals surface area contributed by atoms with E-state index >= 15 is 0 Å². The smallest absolute Gasteiger partial charge is 0.334 e. The third-order valence-corrected chi connectivity index (χ3v) is 3.92. The summed E-state index contributed by atoms with van der Waals surface area (Å²) in [5.74, 6) is -0.294. The lowest BCUT2D eigenvalue weighted by atomic mass is 10.0. The molecule has 1 aromatic rings. The first-order valence-corrected chi connectivity index (χ1v) is 6.73. The molecule has 0 aliphatic carbocycles. The van der Waals surface area contributed by atoms with Crippen LogP contribution in [0.2, 0.25) is 0 Å². The Hall–Kier alpha value is -1.61. The largest absolute Gasteiger partial charge is 0.466 e. The Kier molecular flexibility index (Phi) is 4.38. The van der Waals surface area contributed by atoms with Crippen molar-refractivity contribution in [1.82, 2.24) is 4.90 Å². The fraction of sp³-hybridized carbons (Fsp3) is 0.438. The quantitative estimate of drug-likeness (QED) is 0.615. The van der Waals surface area contributed by atoms with Gasteiger partial charge in [0.25, 0.3) is 0 Å². The summed E-state index contributed by atoms with van der Waals surface area (Å²) in [6.07, 6.45) is 2.07. The number of benzene rings is 1. The van der Waals surface area contributed by atoms with Gasteiger partial charge in [0, 0.05) is 17.7 Å². The lowest BCUT2D eigenvalue weighted by Crippen LogP contribution is -2.35. The Morgan fingerprint density at radius 1 is 1.42 bits per heavy atom. The molecule has 1 aliphatic heterocycles. The Labute approximate surface area is 114 Å². The summed E-state index contributed by atoms with van der Waals surface area (Å²) in [4.78, 5) is 14.0. The number of rotatable bonds is 4. The van der Waals surface area contributed by atoms with Crippen LogP contribution >= 0.6 is 0 Å². The maximum Gasteiger partial charge on any atom is 0.334 e. The van der Waals surface area contributed by atoms with Crippen LogP contribution in [0.4, 0.5) is 0 Å². The molecule has 0 saturated carbocycles. The van der Waals surface area contributed by atoms with Crippen LogP contribution in [-0.4, -0.2) is 30.6 Å². The third kappa shape index (κ3) is 2.87. The van der Waals surface area contributed by atoms with E-state index in [1.54, 1.807) is 0 Å². The molecule has 0 bridgehead atoms. The molecule has 2 atom stereocenters. The fourth-order valence-corrected chi connectivity index (χ4v) is 2.82. The first-order chi connectivity index (χ1) is 9.15. The highest BCUT2D eigenvalue weighted by Gasteiger charge is 2.33. The van der Waals surface area contributed by atoms with Gasteiger partial charge in [-0.25, -0.2) is 4.79 Å². The minimum Gasteiger partial charge on any atom is -0.466 e. The van der Waals surface area contributed by atoms with Gasteiger partial charge < -0.3 is 4.74 Å². The number of carbonyl (C=O) groups is 1. The number of nitrogens with zero attached hydrogens (tertiary/aromatic N) is 1. The maximum absolute atomic E-state index is 11.7. The molecular formula is C16H21NO2. The predicted octanol–water partition coefficient (Wildman–Crippen LogP) is 2.94. The number of methoxy groups -OCH3 is 1. The number of ether oxygens (including phenoxy) is 1. The van der Waals surface area contributed by atoms with Crippen LogP contribution in [0.1, 0.15) is 31.4 Å². The third-order valence-electron chi connectivity index (χ3n) is 3.92. The highest BCUT2D eigenvalue weighted by atomic mass is 16.5. The van der Waals surface area contributed by atoms with E-state index in [2.05, 4.69) is 30.5 Å². The highest BCUT2D eigenvalue weighted by Crippen LogP contribution is 2.32. The molecule has 1 fully saturated rings. The number of esters is 1. The van der Waals surface area contributed by atoms with E-state index in [1.165, 1.54) is 12.7 Å². The monoisotopic (exact) mass is 259 g/mol. The molecule has 1 saturated heterocycles. The van der Waals surface area contributed by atoms with Crippen molar-refractivity contribution in [2.24, 2.45) is 0 Å². The van der Waals surface area contributed by atoms with Gasteiger partial charge in [-0.2, -0.15) is 0 Å². The molecule has 1 aromatic carbocycles. The molecule has 0 radical (unpaired) electrons. The minimum absolute atomic E-state index is 0.0997. The van der Waals surface area contributed by atoms with Crippen LogP contribution in [0.15, 0.2) is 42.5 Å². The Balaban J connectivity index is 2.15. The van der Waals surface area contributed by atoms with E-state index in [-0.39, 0.29) is 18.1 Å². The first kappa shape index (κ1) is 13.8. The van der Waals surface area contributed by atoms with Gasteiger partial charge in [-0.15, -0.1) is 0 Å². The lowest BCUT2D eigenvalue weighted by Gasteiger charge is -2.31. The molecular weight excluding hydrogens is 238 g/mol. The van der Waals surface area contributed by atoms with Crippen molar-refractivity contribution in [3.05, 3.63) is 48.0 Å². The summed E-state index contributed by atoms with van der Waals surface area (Å²) in [7, 11) is 1.41. The summed E-state index contributed by atoms with van der Waals surface area (Å²) in [5, 5.41) is 0. The number of likely N-dealkylation sites (tertiary alicyclic amines) is 1. The van der Waals surface area contributed by atoms with E-state index < -0.39 is 0 Å². The zero-order valence-electron chi connectivity index (χ0n) is 11.6. The van der Waals surface area contributed by atoms with Crippen molar-refractivity contribution in [3.63, 3.8) is 0 Å². The van der Waals surface area contributed by atoms with Crippen LogP contribution in [0.3, 0.4) is 0 Å². The van der Waals surface area contributed by atoms with Crippen LogP contribution in [0.25, 0.3) is 0 Å². The van der Waals surface area contributed by atoms with Gasteiger partial charge in [0.2, 0.25) is 0 Å². The molecule has 2 rings (SSSR count). The topological polar surface area (TPSA) is 29.5 Å². The molecule has 1 heterocycles. The summed E-state index contributed by atoms with van der Waals surface area (Å²) < 4.78 is 4.79. The number of hydrogen-bond acceptors (Lipinski definition) is 3.